The van der Waals surface area contributed by atoms with Crippen molar-refractivity contribution >= 4 is 17.6 Å². The van der Waals surface area contributed by atoms with Gasteiger partial charge in [-0.1, -0.05) is 0 Å². The molecule has 1 aromatic heterocycles. The van der Waals surface area contributed by atoms with Gasteiger partial charge in [-0.05, 0) is 25.1 Å². The fourth-order valence-corrected chi connectivity index (χ4v) is 1.78. The molecule has 7 nitrogen and oxygen atoms in total. The highest BCUT2D eigenvalue weighted by Gasteiger charge is 2.13. The lowest BCUT2D eigenvalue weighted by Gasteiger charge is -2.08. The van der Waals surface area contributed by atoms with Crippen molar-refractivity contribution < 1.29 is 14.3 Å². The zero-order chi connectivity index (χ0) is 15.2. The average Bonchev–Trinajstić information content (AvgIpc) is 3.00. The minimum atomic E-state index is -0.494. The van der Waals surface area contributed by atoms with Gasteiger partial charge in [0.25, 0.3) is 5.91 Å². The number of nitrogens with zero attached hydrogens (tertiary/aromatic N) is 1. The van der Waals surface area contributed by atoms with Gasteiger partial charge in [0.2, 0.25) is 0 Å². The SMILES string of the molecule is CCOC(=O)CNC(=O)c1cc(-c2ncc[nH]2)ccc1N. The van der Waals surface area contributed by atoms with Crippen LogP contribution in [0.4, 0.5) is 5.69 Å². The number of H-pyrrole nitrogens is 1. The topological polar surface area (TPSA) is 110 Å². The van der Waals surface area contributed by atoms with Gasteiger partial charge in [-0.2, -0.15) is 0 Å². The number of aromatic amines is 1. The van der Waals surface area contributed by atoms with Gasteiger partial charge in [0, 0.05) is 23.6 Å². The van der Waals surface area contributed by atoms with Crippen LogP contribution in [-0.4, -0.2) is 35.0 Å². The Balaban J connectivity index is 2.13. The van der Waals surface area contributed by atoms with Crippen LogP contribution in [0.15, 0.2) is 30.6 Å². The number of anilines is 1. The molecule has 2 aromatic rings. The number of carbonyl (C=O) groups is 2. The first-order chi connectivity index (χ1) is 10.1. The van der Waals surface area contributed by atoms with E-state index in [9.17, 15) is 9.59 Å². The molecule has 0 bridgehead atoms. The van der Waals surface area contributed by atoms with Crippen molar-refractivity contribution in [2.75, 3.05) is 18.9 Å². The Hall–Kier alpha value is -2.83. The standard InChI is InChI=1S/C14H16N4O3/c1-2-21-12(19)8-18-14(20)10-7-9(3-4-11(10)15)13-16-5-6-17-13/h3-7H,2,8,15H2,1H3,(H,16,17)(H,18,20). The van der Waals surface area contributed by atoms with E-state index in [0.29, 0.717) is 11.5 Å². The number of carbonyl (C=O) groups excluding carboxylic acids is 2. The van der Waals surface area contributed by atoms with Gasteiger partial charge in [0.05, 0.1) is 12.2 Å². The molecule has 1 aromatic carbocycles. The van der Waals surface area contributed by atoms with E-state index in [1.807, 2.05) is 0 Å². The third-order valence-electron chi connectivity index (χ3n) is 2.77. The fourth-order valence-electron chi connectivity index (χ4n) is 1.78. The first kappa shape index (κ1) is 14.6. The van der Waals surface area contributed by atoms with Crippen LogP contribution in [0, 0.1) is 0 Å². The summed E-state index contributed by atoms with van der Waals surface area (Å²) in [4.78, 5) is 30.4. The number of aromatic nitrogens is 2. The summed E-state index contributed by atoms with van der Waals surface area (Å²) in [7, 11) is 0. The Bertz CT molecular complexity index is 638. The summed E-state index contributed by atoms with van der Waals surface area (Å²) in [6.07, 6.45) is 3.30. The van der Waals surface area contributed by atoms with Crippen LogP contribution in [0.1, 0.15) is 17.3 Å². The number of imidazole rings is 1. The molecule has 1 amide bonds. The van der Waals surface area contributed by atoms with E-state index in [4.69, 9.17) is 10.5 Å². The Morgan fingerprint density at radius 3 is 2.90 bits per heavy atom. The molecule has 21 heavy (non-hydrogen) atoms. The van der Waals surface area contributed by atoms with E-state index in [1.165, 1.54) is 0 Å². The van der Waals surface area contributed by atoms with Crippen molar-refractivity contribution in [1.82, 2.24) is 15.3 Å². The number of esters is 1. The molecule has 0 aliphatic rings. The largest absolute Gasteiger partial charge is 0.465 e. The zero-order valence-corrected chi connectivity index (χ0v) is 11.6. The second-order valence-corrected chi connectivity index (χ2v) is 4.23. The molecule has 0 aliphatic heterocycles. The smallest absolute Gasteiger partial charge is 0.325 e. The predicted molar refractivity (Wildman–Crippen MR) is 77.4 cm³/mol. The minimum absolute atomic E-state index is 0.197. The van der Waals surface area contributed by atoms with Gasteiger partial charge in [-0.15, -0.1) is 0 Å². The summed E-state index contributed by atoms with van der Waals surface area (Å²) in [5.74, 6) is -0.296. The lowest BCUT2D eigenvalue weighted by Crippen LogP contribution is -2.31. The number of rotatable bonds is 5. The number of nitrogens with two attached hydrogens (primary N) is 1. The molecule has 0 saturated heterocycles. The van der Waals surface area contributed by atoms with E-state index in [0.717, 1.165) is 5.56 Å². The van der Waals surface area contributed by atoms with Gasteiger partial charge in [0.1, 0.15) is 12.4 Å². The molecular weight excluding hydrogens is 272 g/mol. The van der Waals surface area contributed by atoms with Crippen molar-refractivity contribution in [1.29, 1.82) is 0 Å². The van der Waals surface area contributed by atoms with Crippen LogP contribution in [0.2, 0.25) is 0 Å². The number of hydrogen-bond donors (Lipinski definition) is 3. The highest BCUT2D eigenvalue weighted by molar-refractivity contribution is 6.01. The number of benzene rings is 1. The van der Waals surface area contributed by atoms with Gasteiger partial charge < -0.3 is 20.8 Å². The molecule has 7 heteroatoms. The maximum absolute atomic E-state index is 12.1. The molecule has 4 N–H and O–H groups in total. The molecule has 110 valence electrons. The Morgan fingerprint density at radius 2 is 2.24 bits per heavy atom. The Labute approximate surface area is 121 Å². The summed E-state index contributed by atoms with van der Waals surface area (Å²) in [5.41, 5.74) is 7.14. The number of amides is 1. The van der Waals surface area contributed by atoms with E-state index in [1.54, 1.807) is 37.5 Å². The first-order valence-corrected chi connectivity index (χ1v) is 6.45. The average molecular weight is 288 g/mol. The molecule has 0 unspecified atom stereocenters. The van der Waals surface area contributed by atoms with Crippen molar-refractivity contribution in [2.45, 2.75) is 6.92 Å². The van der Waals surface area contributed by atoms with Crippen LogP contribution < -0.4 is 11.1 Å². The van der Waals surface area contributed by atoms with E-state index in [-0.39, 0.29) is 18.7 Å². The molecule has 0 spiro atoms. The zero-order valence-electron chi connectivity index (χ0n) is 11.6. The molecule has 0 aliphatic carbocycles. The van der Waals surface area contributed by atoms with Crippen molar-refractivity contribution in [2.24, 2.45) is 0 Å². The third kappa shape index (κ3) is 3.59. The van der Waals surface area contributed by atoms with Gasteiger partial charge in [0.15, 0.2) is 0 Å². The van der Waals surface area contributed by atoms with Crippen LogP contribution in [0.3, 0.4) is 0 Å². The lowest BCUT2D eigenvalue weighted by atomic mass is 10.1. The quantitative estimate of drug-likeness (QED) is 0.560. The summed E-state index contributed by atoms with van der Waals surface area (Å²) >= 11 is 0. The number of nitrogen functional groups attached to an aromatic ring is 1. The van der Waals surface area contributed by atoms with Crippen molar-refractivity contribution in [3.05, 3.63) is 36.2 Å². The maximum atomic E-state index is 12.1. The fraction of sp³-hybridized carbons (Fsp3) is 0.214. The monoisotopic (exact) mass is 288 g/mol. The molecule has 0 radical (unpaired) electrons. The predicted octanol–water partition coefficient (Wildman–Crippen LogP) is 0.952. The number of ether oxygens (including phenoxy) is 1. The van der Waals surface area contributed by atoms with Gasteiger partial charge in [-0.3, -0.25) is 9.59 Å². The molecular formula is C14H16N4O3. The van der Waals surface area contributed by atoms with E-state index >= 15 is 0 Å². The second kappa shape index (κ2) is 6.56. The molecule has 0 fully saturated rings. The number of hydrogen-bond acceptors (Lipinski definition) is 5. The second-order valence-electron chi connectivity index (χ2n) is 4.23. The molecule has 0 atom stereocenters. The maximum Gasteiger partial charge on any atom is 0.325 e. The van der Waals surface area contributed by atoms with E-state index < -0.39 is 11.9 Å². The third-order valence-corrected chi connectivity index (χ3v) is 2.77. The highest BCUT2D eigenvalue weighted by atomic mass is 16.5. The normalized spacial score (nSPS) is 10.1. The Kier molecular flexibility index (Phi) is 4.55. The summed E-state index contributed by atoms with van der Waals surface area (Å²) in [6, 6.07) is 5.00. The lowest BCUT2D eigenvalue weighted by molar-refractivity contribution is -0.141. The minimum Gasteiger partial charge on any atom is -0.465 e. The van der Waals surface area contributed by atoms with Gasteiger partial charge in [-0.25, -0.2) is 4.98 Å². The van der Waals surface area contributed by atoms with Gasteiger partial charge >= 0.3 is 5.97 Å². The van der Waals surface area contributed by atoms with Crippen LogP contribution in [-0.2, 0) is 9.53 Å². The first-order valence-electron chi connectivity index (χ1n) is 6.45. The molecule has 1 heterocycles. The Morgan fingerprint density at radius 1 is 1.43 bits per heavy atom. The summed E-state index contributed by atoms with van der Waals surface area (Å²) < 4.78 is 4.74. The number of nitrogens with one attached hydrogen (secondary N) is 2. The van der Waals surface area contributed by atoms with Crippen LogP contribution in [0.5, 0.6) is 0 Å². The summed E-state index contributed by atoms with van der Waals surface area (Å²) in [6.45, 7) is 1.77. The van der Waals surface area contributed by atoms with Crippen molar-refractivity contribution in [3.8, 4) is 11.4 Å². The molecule has 2 rings (SSSR count). The van der Waals surface area contributed by atoms with E-state index in [2.05, 4.69) is 15.3 Å². The molecule has 0 saturated carbocycles. The summed E-state index contributed by atoms with van der Waals surface area (Å²) in [5, 5.41) is 2.47. The highest BCUT2D eigenvalue weighted by Crippen LogP contribution is 2.20. The van der Waals surface area contributed by atoms with Crippen LogP contribution in [0.25, 0.3) is 11.4 Å². The van der Waals surface area contributed by atoms with Crippen molar-refractivity contribution in [3.63, 3.8) is 0 Å². The van der Waals surface area contributed by atoms with Crippen LogP contribution >= 0.6 is 0 Å².